The van der Waals surface area contributed by atoms with Crippen LogP contribution in [0.3, 0.4) is 0 Å². The van der Waals surface area contributed by atoms with Crippen LogP contribution in [0.25, 0.3) is 0 Å². The van der Waals surface area contributed by atoms with Crippen molar-refractivity contribution >= 4 is 18.8 Å². The fourth-order valence-corrected chi connectivity index (χ4v) is 2.10. The molecule has 1 fully saturated rings. The minimum absolute atomic E-state index is 0.326. The van der Waals surface area contributed by atoms with Crippen molar-refractivity contribution in [2.45, 2.75) is 38.9 Å². The number of hydrogen-bond donors (Lipinski definition) is 0. The van der Waals surface area contributed by atoms with Gasteiger partial charge in [0.15, 0.2) is 0 Å². The molecule has 1 aliphatic heterocycles. The second kappa shape index (κ2) is 6.69. The van der Waals surface area contributed by atoms with Gasteiger partial charge in [-0.15, -0.1) is 0 Å². The number of hydrogen-bond acceptors (Lipinski definition) is 3. The summed E-state index contributed by atoms with van der Waals surface area (Å²) in [7, 11) is -0.337. The summed E-state index contributed by atoms with van der Waals surface area (Å²) in [5.41, 5.74) is 2.03. The van der Waals surface area contributed by atoms with E-state index in [9.17, 15) is 0 Å². The molecule has 1 aliphatic rings. The highest BCUT2D eigenvalue weighted by molar-refractivity contribution is 6.62. The monoisotopic (exact) mass is 309 g/mol. The van der Waals surface area contributed by atoms with Gasteiger partial charge in [-0.2, -0.15) is 0 Å². The minimum Gasteiger partial charge on any atom is -0.399 e. The van der Waals surface area contributed by atoms with Gasteiger partial charge in [0.25, 0.3) is 0 Å². The third-order valence-electron chi connectivity index (χ3n) is 4.27. The van der Waals surface area contributed by atoms with Gasteiger partial charge in [-0.25, -0.2) is 0 Å². The summed E-state index contributed by atoms with van der Waals surface area (Å²) >= 11 is 0. The fourth-order valence-electron chi connectivity index (χ4n) is 2.10. The topological polar surface area (TPSA) is 30.8 Å². The van der Waals surface area contributed by atoms with Crippen LogP contribution in [0, 0.1) is 0 Å². The van der Waals surface area contributed by atoms with Crippen LogP contribution in [-0.2, 0) is 9.31 Å². The first-order valence-corrected chi connectivity index (χ1v) is 7.73. The third-order valence-corrected chi connectivity index (χ3v) is 4.27. The Morgan fingerprint density at radius 3 is 2.17 bits per heavy atom. The highest BCUT2D eigenvalue weighted by Gasteiger charge is 2.51. The Kier molecular flexibility index (Phi) is 5.08. The van der Waals surface area contributed by atoms with Crippen molar-refractivity contribution in [2.75, 3.05) is 0 Å². The van der Waals surface area contributed by atoms with Crippen LogP contribution in [0.5, 0.6) is 0 Å². The van der Waals surface area contributed by atoms with Crippen molar-refractivity contribution < 1.29 is 9.31 Å². The van der Waals surface area contributed by atoms with Crippen molar-refractivity contribution in [1.29, 1.82) is 0 Å². The molecule has 23 heavy (non-hydrogen) atoms. The maximum absolute atomic E-state index is 6.04. The zero-order valence-corrected chi connectivity index (χ0v) is 14.4. The lowest BCUT2D eigenvalue weighted by Crippen LogP contribution is -2.41. The molecular formula is C19H24BNO2. The van der Waals surface area contributed by atoms with Crippen molar-refractivity contribution in [2.24, 2.45) is 4.99 Å². The largest absolute Gasteiger partial charge is 0.494 e. The van der Waals surface area contributed by atoms with Crippen molar-refractivity contribution in [3.63, 3.8) is 0 Å². The molecule has 0 aliphatic carbocycles. The molecule has 1 aromatic rings. The van der Waals surface area contributed by atoms with Gasteiger partial charge in [0, 0.05) is 6.21 Å². The lowest BCUT2D eigenvalue weighted by atomic mass is 9.79. The molecule has 0 aromatic heterocycles. The standard InChI is InChI=1S/C19H24BNO2/c1-7-8-9-15(2)21-14-16-10-12-17(13-11-16)20-22-18(3,4)19(5,6)23-20/h7-14H,1-2H2,3-6H3/b9-8-,21-14?. The molecule has 0 unspecified atom stereocenters. The van der Waals surface area contributed by atoms with Crippen LogP contribution < -0.4 is 5.46 Å². The van der Waals surface area contributed by atoms with E-state index < -0.39 is 0 Å². The van der Waals surface area contributed by atoms with Crippen LogP contribution in [0.4, 0.5) is 0 Å². The fraction of sp³-hybridized carbons (Fsp3) is 0.316. The Morgan fingerprint density at radius 2 is 1.65 bits per heavy atom. The van der Waals surface area contributed by atoms with E-state index in [2.05, 4.69) is 45.8 Å². The lowest BCUT2D eigenvalue weighted by Gasteiger charge is -2.32. The van der Waals surface area contributed by atoms with E-state index in [0.29, 0.717) is 5.70 Å². The molecule has 1 saturated heterocycles. The van der Waals surface area contributed by atoms with Crippen molar-refractivity contribution in [3.8, 4) is 0 Å². The van der Waals surface area contributed by atoms with Gasteiger partial charge in [0.05, 0.1) is 16.9 Å². The summed E-state index contributed by atoms with van der Waals surface area (Å²) in [6.07, 6.45) is 7.09. The highest BCUT2D eigenvalue weighted by Crippen LogP contribution is 2.36. The minimum atomic E-state index is -0.337. The van der Waals surface area contributed by atoms with Crippen LogP contribution in [0.1, 0.15) is 33.3 Å². The summed E-state index contributed by atoms with van der Waals surface area (Å²) in [4.78, 5) is 4.29. The molecule has 0 radical (unpaired) electrons. The predicted molar refractivity (Wildman–Crippen MR) is 98.2 cm³/mol. The summed E-state index contributed by atoms with van der Waals surface area (Å²) in [5.74, 6) is 0. The van der Waals surface area contributed by atoms with E-state index >= 15 is 0 Å². The Morgan fingerprint density at radius 1 is 1.09 bits per heavy atom. The molecule has 0 spiro atoms. The number of benzene rings is 1. The normalized spacial score (nSPS) is 19.6. The number of nitrogens with zero attached hydrogens (tertiary/aromatic N) is 1. The average Bonchev–Trinajstić information content (AvgIpc) is 2.72. The molecule has 3 nitrogen and oxygen atoms in total. The maximum Gasteiger partial charge on any atom is 0.494 e. The summed E-state index contributed by atoms with van der Waals surface area (Å²) in [6.45, 7) is 15.7. The molecule has 0 bridgehead atoms. The van der Waals surface area contributed by atoms with Crippen molar-refractivity contribution in [3.05, 3.63) is 66.9 Å². The van der Waals surface area contributed by atoms with Crippen LogP contribution in [0.15, 0.2) is 66.3 Å². The molecule has 0 amide bonds. The molecule has 1 heterocycles. The summed E-state index contributed by atoms with van der Waals surface area (Å²) in [6, 6.07) is 8.00. The molecule has 0 atom stereocenters. The molecule has 1 aromatic carbocycles. The first-order valence-electron chi connectivity index (χ1n) is 7.73. The Hall–Kier alpha value is -1.91. The smallest absolute Gasteiger partial charge is 0.399 e. The zero-order valence-electron chi connectivity index (χ0n) is 14.4. The highest BCUT2D eigenvalue weighted by atomic mass is 16.7. The van der Waals surface area contributed by atoms with Gasteiger partial charge in [-0.05, 0) is 44.8 Å². The predicted octanol–water partition coefficient (Wildman–Crippen LogP) is 3.66. The average molecular weight is 309 g/mol. The summed E-state index contributed by atoms with van der Waals surface area (Å²) in [5, 5.41) is 0. The molecule has 0 N–H and O–H groups in total. The van der Waals surface area contributed by atoms with Crippen LogP contribution >= 0.6 is 0 Å². The molecule has 0 saturated carbocycles. The molecule has 4 heteroatoms. The quantitative estimate of drug-likeness (QED) is 0.472. The van der Waals surface area contributed by atoms with Crippen LogP contribution in [0.2, 0.25) is 0 Å². The number of rotatable bonds is 5. The van der Waals surface area contributed by atoms with Gasteiger partial charge in [-0.3, -0.25) is 4.99 Å². The van der Waals surface area contributed by atoms with E-state index in [0.717, 1.165) is 11.0 Å². The molecular weight excluding hydrogens is 285 g/mol. The Labute approximate surface area is 139 Å². The zero-order chi connectivity index (χ0) is 17.1. The van der Waals surface area contributed by atoms with Gasteiger partial charge in [-0.1, -0.05) is 49.6 Å². The van der Waals surface area contributed by atoms with E-state index in [1.165, 1.54) is 0 Å². The lowest BCUT2D eigenvalue weighted by molar-refractivity contribution is 0.00578. The second-order valence-corrected chi connectivity index (χ2v) is 6.60. The van der Waals surface area contributed by atoms with Crippen molar-refractivity contribution in [1.82, 2.24) is 0 Å². The first-order chi connectivity index (χ1) is 10.7. The molecule has 120 valence electrons. The van der Waals surface area contributed by atoms with Crippen LogP contribution in [-0.4, -0.2) is 24.5 Å². The first kappa shape index (κ1) is 17.4. The van der Waals surface area contributed by atoms with E-state index in [-0.39, 0.29) is 18.3 Å². The maximum atomic E-state index is 6.04. The number of allylic oxidation sites excluding steroid dienone is 3. The van der Waals surface area contributed by atoms with Gasteiger partial charge in [0.2, 0.25) is 0 Å². The second-order valence-electron chi connectivity index (χ2n) is 6.60. The van der Waals surface area contributed by atoms with E-state index in [1.807, 2.05) is 30.3 Å². The third kappa shape index (κ3) is 4.09. The van der Waals surface area contributed by atoms with E-state index in [4.69, 9.17) is 9.31 Å². The van der Waals surface area contributed by atoms with Gasteiger partial charge >= 0.3 is 7.12 Å². The van der Waals surface area contributed by atoms with Gasteiger partial charge in [0.1, 0.15) is 0 Å². The molecule has 2 rings (SSSR count). The Balaban J connectivity index is 2.06. The number of aliphatic imine (C=N–C) groups is 1. The van der Waals surface area contributed by atoms with Gasteiger partial charge < -0.3 is 9.31 Å². The summed E-state index contributed by atoms with van der Waals surface area (Å²) < 4.78 is 12.1. The SMILES string of the molecule is C=C/C=C\C(=C)N=Cc1ccc(B2OC(C)(C)C(C)(C)O2)cc1. The van der Waals surface area contributed by atoms with E-state index in [1.54, 1.807) is 18.4 Å². The Bertz CT molecular complexity index is 626.